The van der Waals surface area contributed by atoms with Gasteiger partial charge in [0.2, 0.25) is 0 Å². The second-order valence-electron chi connectivity index (χ2n) is 6.00. The van der Waals surface area contributed by atoms with E-state index in [1.165, 1.54) is 11.3 Å². The molecule has 2 aromatic rings. The first-order valence-corrected chi connectivity index (χ1v) is 8.17. The van der Waals surface area contributed by atoms with E-state index in [-0.39, 0.29) is 6.03 Å². The molecule has 1 saturated carbocycles. The molecule has 0 spiro atoms. The van der Waals surface area contributed by atoms with Crippen molar-refractivity contribution in [1.29, 1.82) is 0 Å². The van der Waals surface area contributed by atoms with E-state index in [0.29, 0.717) is 6.04 Å². The normalized spacial score (nSPS) is 13.5. The first-order valence-electron chi connectivity index (χ1n) is 8.17. The number of anilines is 3. The van der Waals surface area contributed by atoms with Gasteiger partial charge in [0.1, 0.15) is 0 Å². The summed E-state index contributed by atoms with van der Waals surface area (Å²) in [5.41, 5.74) is 4.36. The first kappa shape index (κ1) is 15.4. The summed E-state index contributed by atoms with van der Waals surface area (Å²) < 4.78 is 0. The van der Waals surface area contributed by atoms with Gasteiger partial charge in [0.25, 0.3) is 0 Å². The number of hydrogen-bond acceptors (Lipinski definition) is 2. The van der Waals surface area contributed by atoms with E-state index in [9.17, 15) is 4.79 Å². The van der Waals surface area contributed by atoms with Crippen molar-refractivity contribution in [3.8, 4) is 0 Å². The van der Waals surface area contributed by atoms with Gasteiger partial charge in [-0.3, -0.25) is 0 Å². The third-order valence-electron chi connectivity index (χ3n) is 3.98. The van der Waals surface area contributed by atoms with Gasteiger partial charge in [0.15, 0.2) is 0 Å². The van der Waals surface area contributed by atoms with E-state index >= 15 is 0 Å². The van der Waals surface area contributed by atoms with Crippen molar-refractivity contribution in [2.24, 2.45) is 0 Å². The van der Waals surface area contributed by atoms with Gasteiger partial charge in [-0.15, -0.1) is 0 Å². The standard InChI is InChI=1S/C19H23N3O/c1-3-22(18-6-4-5-14(2)13-18)17-11-9-16(10-12-17)21-19(23)20-15-7-8-15/h4-6,9-13,15H,3,7-8H2,1-2H3,(H2,20,21,23). The average Bonchev–Trinajstić information content (AvgIpc) is 3.34. The van der Waals surface area contributed by atoms with Crippen LogP contribution in [0, 0.1) is 6.92 Å². The number of aryl methyl sites for hydroxylation is 1. The monoisotopic (exact) mass is 309 g/mol. The van der Waals surface area contributed by atoms with Crippen molar-refractivity contribution in [3.05, 3.63) is 54.1 Å². The molecule has 0 aromatic heterocycles. The number of urea groups is 1. The van der Waals surface area contributed by atoms with Gasteiger partial charge < -0.3 is 15.5 Å². The molecule has 2 amide bonds. The van der Waals surface area contributed by atoms with Crippen LogP contribution in [0.3, 0.4) is 0 Å². The lowest BCUT2D eigenvalue weighted by Crippen LogP contribution is -2.30. The molecule has 1 aliphatic carbocycles. The summed E-state index contributed by atoms with van der Waals surface area (Å²) in [6.07, 6.45) is 2.18. The molecule has 4 heteroatoms. The molecule has 1 fully saturated rings. The summed E-state index contributed by atoms with van der Waals surface area (Å²) in [6, 6.07) is 16.7. The SMILES string of the molecule is CCN(c1ccc(NC(=O)NC2CC2)cc1)c1cccc(C)c1. The van der Waals surface area contributed by atoms with E-state index in [1.54, 1.807) is 0 Å². The van der Waals surface area contributed by atoms with Gasteiger partial charge in [-0.25, -0.2) is 4.79 Å². The molecule has 0 atom stereocenters. The Morgan fingerprint density at radius 1 is 1.13 bits per heavy atom. The Morgan fingerprint density at radius 3 is 2.48 bits per heavy atom. The van der Waals surface area contributed by atoms with Crippen LogP contribution in [0.1, 0.15) is 25.3 Å². The molecular weight excluding hydrogens is 286 g/mol. The van der Waals surface area contributed by atoms with Crippen molar-refractivity contribution < 1.29 is 4.79 Å². The summed E-state index contributed by atoms with van der Waals surface area (Å²) >= 11 is 0. The molecule has 0 radical (unpaired) electrons. The molecule has 23 heavy (non-hydrogen) atoms. The Hall–Kier alpha value is -2.49. The molecular formula is C19H23N3O. The van der Waals surface area contributed by atoms with E-state index in [2.05, 4.69) is 53.6 Å². The maximum absolute atomic E-state index is 11.8. The van der Waals surface area contributed by atoms with Crippen molar-refractivity contribution in [2.75, 3.05) is 16.8 Å². The van der Waals surface area contributed by atoms with Gasteiger partial charge in [-0.05, 0) is 68.7 Å². The zero-order valence-electron chi connectivity index (χ0n) is 13.7. The minimum atomic E-state index is -0.119. The highest BCUT2D eigenvalue weighted by Crippen LogP contribution is 2.27. The van der Waals surface area contributed by atoms with Crippen LogP contribution in [0.15, 0.2) is 48.5 Å². The van der Waals surface area contributed by atoms with Crippen LogP contribution in [-0.4, -0.2) is 18.6 Å². The summed E-state index contributed by atoms with van der Waals surface area (Å²) in [5.74, 6) is 0. The second-order valence-corrected chi connectivity index (χ2v) is 6.00. The highest BCUT2D eigenvalue weighted by molar-refractivity contribution is 5.89. The number of carbonyl (C=O) groups is 1. The zero-order chi connectivity index (χ0) is 16.2. The van der Waals surface area contributed by atoms with E-state index in [0.717, 1.165) is 30.8 Å². The van der Waals surface area contributed by atoms with Crippen LogP contribution in [0.4, 0.5) is 21.9 Å². The number of hydrogen-bond donors (Lipinski definition) is 2. The van der Waals surface area contributed by atoms with Crippen LogP contribution in [0.25, 0.3) is 0 Å². The summed E-state index contributed by atoms with van der Waals surface area (Å²) in [7, 11) is 0. The molecule has 0 heterocycles. The molecule has 1 aliphatic rings. The fraction of sp³-hybridized carbons (Fsp3) is 0.316. The molecule has 0 aliphatic heterocycles. The van der Waals surface area contributed by atoms with Gasteiger partial charge in [-0.2, -0.15) is 0 Å². The molecule has 0 saturated heterocycles. The average molecular weight is 309 g/mol. The minimum absolute atomic E-state index is 0.119. The summed E-state index contributed by atoms with van der Waals surface area (Å²) in [5, 5.41) is 5.80. The number of carbonyl (C=O) groups excluding carboxylic acids is 1. The number of nitrogens with one attached hydrogen (secondary N) is 2. The lowest BCUT2D eigenvalue weighted by Gasteiger charge is -2.24. The largest absolute Gasteiger partial charge is 0.342 e. The lowest BCUT2D eigenvalue weighted by molar-refractivity contribution is 0.251. The third kappa shape index (κ3) is 4.03. The maximum Gasteiger partial charge on any atom is 0.319 e. The van der Waals surface area contributed by atoms with Crippen LogP contribution in [0.2, 0.25) is 0 Å². The molecule has 4 nitrogen and oxygen atoms in total. The Morgan fingerprint density at radius 2 is 1.87 bits per heavy atom. The van der Waals surface area contributed by atoms with Crippen LogP contribution in [0.5, 0.6) is 0 Å². The van der Waals surface area contributed by atoms with Gasteiger partial charge >= 0.3 is 6.03 Å². The highest BCUT2D eigenvalue weighted by Gasteiger charge is 2.23. The fourth-order valence-electron chi connectivity index (χ4n) is 2.62. The number of amides is 2. The third-order valence-corrected chi connectivity index (χ3v) is 3.98. The predicted octanol–water partition coefficient (Wildman–Crippen LogP) is 4.44. The van der Waals surface area contributed by atoms with E-state index < -0.39 is 0 Å². The summed E-state index contributed by atoms with van der Waals surface area (Å²) in [6.45, 7) is 5.12. The van der Waals surface area contributed by atoms with Gasteiger partial charge in [0.05, 0.1) is 0 Å². The van der Waals surface area contributed by atoms with E-state index in [1.807, 2.05) is 24.3 Å². The summed E-state index contributed by atoms with van der Waals surface area (Å²) in [4.78, 5) is 14.0. The van der Waals surface area contributed by atoms with Crippen molar-refractivity contribution in [3.63, 3.8) is 0 Å². The predicted molar refractivity (Wildman–Crippen MR) is 95.5 cm³/mol. The van der Waals surface area contributed by atoms with Crippen LogP contribution < -0.4 is 15.5 Å². The van der Waals surface area contributed by atoms with Crippen LogP contribution in [-0.2, 0) is 0 Å². The zero-order valence-corrected chi connectivity index (χ0v) is 13.7. The molecule has 3 rings (SSSR count). The number of benzene rings is 2. The topological polar surface area (TPSA) is 44.4 Å². The smallest absolute Gasteiger partial charge is 0.319 e. The molecule has 2 N–H and O–H groups in total. The molecule has 120 valence electrons. The Balaban J connectivity index is 1.70. The quantitative estimate of drug-likeness (QED) is 0.857. The Kier molecular flexibility index (Phi) is 4.51. The van der Waals surface area contributed by atoms with Crippen molar-refractivity contribution in [1.82, 2.24) is 5.32 Å². The number of rotatable bonds is 5. The Labute approximate surface area is 137 Å². The highest BCUT2D eigenvalue weighted by atomic mass is 16.2. The number of nitrogens with zero attached hydrogens (tertiary/aromatic N) is 1. The maximum atomic E-state index is 11.8. The molecule has 0 bridgehead atoms. The first-order chi connectivity index (χ1) is 11.2. The van der Waals surface area contributed by atoms with Gasteiger partial charge in [0, 0.05) is 29.6 Å². The van der Waals surface area contributed by atoms with Crippen molar-refractivity contribution in [2.45, 2.75) is 32.7 Å². The van der Waals surface area contributed by atoms with Gasteiger partial charge in [-0.1, -0.05) is 12.1 Å². The van der Waals surface area contributed by atoms with E-state index in [4.69, 9.17) is 0 Å². The molecule has 2 aromatic carbocycles. The van der Waals surface area contributed by atoms with Crippen molar-refractivity contribution >= 4 is 23.1 Å². The second kappa shape index (κ2) is 6.73. The minimum Gasteiger partial charge on any atom is -0.342 e. The Bertz CT molecular complexity index is 677. The fourth-order valence-corrected chi connectivity index (χ4v) is 2.62. The molecule has 0 unspecified atom stereocenters. The lowest BCUT2D eigenvalue weighted by atomic mass is 10.2. The van der Waals surface area contributed by atoms with Crippen LogP contribution >= 0.6 is 0 Å².